The third-order valence-corrected chi connectivity index (χ3v) is 3.84. The fourth-order valence-electron chi connectivity index (χ4n) is 2.74. The number of aliphatic hydroxyl groups is 1. The summed E-state index contributed by atoms with van der Waals surface area (Å²) < 4.78 is 0. The first-order valence-corrected chi connectivity index (χ1v) is 6.81. The largest absolute Gasteiger partial charge is 0.508 e. The molecule has 1 aliphatic carbocycles. The Morgan fingerprint density at radius 1 is 1.28 bits per heavy atom. The number of phenolic OH excluding ortho intramolecular Hbond substituents is 1. The fourth-order valence-corrected chi connectivity index (χ4v) is 2.74. The summed E-state index contributed by atoms with van der Waals surface area (Å²) in [6.45, 7) is 4.06. The highest BCUT2D eigenvalue weighted by atomic mass is 16.3. The average Bonchev–Trinajstić information content (AvgIpc) is 2.35. The minimum absolute atomic E-state index is 0.0580. The number of benzene rings is 1. The monoisotopic (exact) mass is 249 g/mol. The Morgan fingerprint density at radius 2 is 2.00 bits per heavy atom. The van der Waals surface area contributed by atoms with Crippen molar-refractivity contribution in [2.75, 3.05) is 0 Å². The zero-order valence-corrected chi connectivity index (χ0v) is 11.2. The van der Waals surface area contributed by atoms with Gasteiger partial charge in [-0.3, -0.25) is 0 Å². The standard InChI is InChI=1S/C15H23NO2/c1-10-7-8-14(17)12(9-10)11(2)16-13-5-3-4-6-15(13)18/h7-9,11,13,15-18H,3-6H2,1-2H3. The van der Waals surface area contributed by atoms with Crippen LogP contribution in [0.5, 0.6) is 5.75 Å². The Labute approximate surface area is 109 Å². The van der Waals surface area contributed by atoms with Crippen LogP contribution in [0.2, 0.25) is 0 Å². The number of aryl methyl sites for hydroxylation is 1. The second-order valence-electron chi connectivity index (χ2n) is 5.41. The number of hydrogen-bond donors (Lipinski definition) is 3. The average molecular weight is 249 g/mol. The number of aromatic hydroxyl groups is 1. The number of hydrogen-bond acceptors (Lipinski definition) is 3. The number of phenols is 1. The summed E-state index contributed by atoms with van der Waals surface area (Å²) in [6, 6.07) is 5.85. The SMILES string of the molecule is Cc1ccc(O)c(C(C)NC2CCCCC2O)c1. The Balaban J connectivity index is 2.06. The minimum atomic E-state index is -0.256. The first-order valence-electron chi connectivity index (χ1n) is 6.81. The van der Waals surface area contributed by atoms with Gasteiger partial charge in [0.25, 0.3) is 0 Å². The highest BCUT2D eigenvalue weighted by Crippen LogP contribution is 2.27. The van der Waals surface area contributed by atoms with E-state index in [2.05, 4.69) is 5.32 Å². The number of rotatable bonds is 3. The zero-order chi connectivity index (χ0) is 13.1. The summed E-state index contributed by atoms with van der Waals surface area (Å²) in [7, 11) is 0. The summed E-state index contributed by atoms with van der Waals surface area (Å²) in [5.74, 6) is 0.325. The van der Waals surface area contributed by atoms with Crippen molar-refractivity contribution < 1.29 is 10.2 Å². The molecule has 1 aromatic rings. The molecule has 1 aromatic carbocycles. The molecule has 0 amide bonds. The van der Waals surface area contributed by atoms with E-state index < -0.39 is 0 Å². The molecule has 18 heavy (non-hydrogen) atoms. The quantitative estimate of drug-likeness (QED) is 0.772. The molecule has 100 valence electrons. The van der Waals surface area contributed by atoms with Gasteiger partial charge in [0, 0.05) is 17.6 Å². The van der Waals surface area contributed by atoms with E-state index in [1.54, 1.807) is 6.07 Å². The van der Waals surface area contributed by atoms with Crippen molar-refractivity contribution in [3.63, 3.8) is 0 Å². The second-order valence-corrected chi connectivity index (χ2v) is 5.41. The number of nitrogens with one attached hydrogen (secondary N) is 1. The lowest BCUT2D eigenvalue weighted by molar-refractivity contribution is 0.0858. The van der Waals surface area contributed by atoms with Crippen LogP contribution in [0.15, 0.2) is 18.2 Å². The fraction of sp³-hybridized carbons (Fsp3) is 0.600. The van der Waals surface area contributed by atoms with Gasteiger partial charge in [-0.05, 0) is 32.8 Å². The molecule has 1 saturated carbocycles. The predicted octanol–water partition coefficient (Wildman–Crippen LogP) is 2.65. The molecule has 3 atom stereocenters. The van der Waals surface area contributed by atoms with Gasteiger partial charge in [0.1, 0.15) is 5.75 Å². The van der Waals surface area contributed by atoms with E-state index in [1.807, 2.05) is 26.0 Å². The molecule has 3 N–H and O–H groups in total. The molecule has 1 fully saturated rings. The molecule has 0 saturated heterocycles. The van der Waals surface area contributed by atoms with Crippen LogP contribution in [-0.2, 0) is 0 Å². The van der Waals surface area contributed by atoms with Gasteiger partial charge < -0.3 is 15.5 Å². The molecule has 2 rings (SSSR count). The first-order chi connectivity index (χ1) is 8.58. The van der Waals surface area contributed by atoms with Gasteiger partial charge in [0.2, 0.25) is 0 Å². The van der Waals surface area contributed by atoms with Gasteiger partial charge in [-0.15, -0.1) is 0 Å². The maximum atomic E-state index is 9.96. The van der Waals surface area contributed by atoms with Crippen LogP contribution < -0.4 is 5.32 Å². The molecule has 0 spiro atoms. The normalized spacial score (nSPS) is 25.9. The molecule has 0 radical (unpaired) electrons. The van der Waals surface area contributed by atoms with E-state index in [1.165, 1.54) is 6.42 Å². The van der Waals surface area contributed by atoms with Crippen molar-refractivity contribution in [3.8, 4) is 5.75 Å². The molecule has 0 bridgehead atoms. The molecule has 0 aliphatic heterocycles. The minimum Gasteiger partial charge on any atom is -0.508 e. The highest BCUT2D eigenvalue weighted by molar-refractivity contribution is 5.37. The van der Waals surface area contributed by atoms with Crippen LogP contribution in [0.3, 0.4) is 0 Å². The molecule has 3 unspecified atom stereocenters. The smallest absolute Gasteiger partial charge is 0.120 e. The van der Waals surface area contributed by atoms with E-state index in [4.69, 9.17) is 0 Å². The van der Waals surface area contributed by atoms with Gasteiger partial charge in [-0.25, -0.2) is 0 Å². The predicted molar refractivity (Wildman–Crippen MR) is 72.7 cm³/mol. The van der Waals surface area contributed by atoms with Gasteiger partial charge in [0.15, 0.2) is 0 Å². The van der Waals surface area contributed by atoms with Crippen LogP contribution in [0.4, 0.5) is 0 Å². The molecule has 0 aromatic heterocycles. The molecule has 0 heterocycles. The lowest BCUT2D eigenvalue weighted by Crippen LogP contribution is -2.43. The third-order valence-electron chi connectivity index (χ3n) is 3.84. The molecular formula is C15H23NO2. The van der Waals surface area contributed by atoms with Gasteiger partial charge in [-0.1, -0.05) is 30.5 Å². The summed E-state index contributed by atoms with van der Waals surface area (Å²) in [4.78, 5) is 0. The van der Waals surface area contributed by atoms with Crippen LogP contribution in [0, 0.1) is 6.92 Å². The van der Waals surface area contributed by atoms with Crippen LogP contribution in [-0.4, -0.2) is 22.4 Å². The highest BCUT2D eigenvalue weighted by Gasteiger charge is 2.25. The van der Waals surface area contributed by atoms with E-state index in [9.17, 15) is 10.2 Å². The lowest BCUT2D eigenvalue weighted by Gasteiger charge is -2.31. The second kappa shape index (κ2) is 5.72. The van der Waals surface area contributed by atoms with E-state index in [0.29, 0.717) is 5.75 Å². The third kappa shape index (κ3) is 3.03. The van der Waals surface area contributed by atoms with Crippen molar-refractivity contribution in [1.29, 1.82) is 0 Å². The van der Waals surface area contributed by atoms with Gasteiger partial charge in [0.05, 0.1) is 6.10 Å². The molecule has 3 nitrogen and oxygen atoms in total. The summed E-state index contributed by atoms with van der Waals surface area (Å²) in [5, 5.41) is 23.3. The Morgan fingerprint density at radius 3 is 2.72 bits per heavy atom. The Bertz CT molecular complexity index is 405. The van der Waals surface area contributed by atoms with Crippen molar-refractivity contribution in [2.24, 2.45) is 0 Å². The van der Waals surface area contributed by atoms with Crippen LogP contribution in [0.25, 0.3) is 0 Å². The zero-order valence-electron chi connectivity index (χ0n) is 11.2. The van der Waals surface area contributed by atoms with Crippen molar-refractivity contribution in [3.05, 3.63) is 29.3 Å². The van der Waals surface area contributed by atoms with Crippen LogP contribution >= 0.6 is 0 Å². The summed E-state index contributed by atoms with van der Waals surface area (Å²) in [6.07, 6.45) is 3.92. The molecule has 3 heteroatoms. The topological polar surface area (TPSA) is 52.5 Å². The number of aliphatic hydroxyl groups excluding tert-OH is 1. The Kier molecular flexibility index (Phi) is 4.25. The maximum Gasteiger partial charge on any atom is 0.120 e. The maximum absolute atomic E-state index is 9.96. The molecule has 1 aliphatic rings. The Hall–Kier alpha value is -1.06. The van der Waals surface area contributed by atoms with Crippen molar-refractivity contribution in [2.45, 2.75) is 57.7 Å². The molecular weight excluding hydrogens is 226 g/mol. The van der Waals surface area contributed by atoms with E-state index in [-0.39, 0.29) is 18.2 Å². The lowest BCUT2D eigenvalue weighted by atomic mass is 9.91. The van der Waals surface area contributed by atoms with Gasteiger partial charge >= 0.3 is 0 Å². The summed E-state index contributed by atoms with van der Waals surface area (Å²) in [5.41, 5.74) is 2.05. The summed E-state index contributed by atoms with van der Waals surface area (Å²) >= 11 is 0. The van der Waals surface area contributed by atoms with E-state index in [0.717, 1.165) is 30.4 Å². The van der Waals surface area contributed by atoms with Crippen molar-refractivity contribution in [1.82, 2.24) is 5.32 Å². The van der Waals surface area contributed by atoms with Crippen LogP contribution in [0.1, 0.15) is 49.8 Å². The van der Waals surface area contributed by atoms with Gasteiger partial charge in [-0.2, -0.15) is 0 Å². The van der Waals surface area contributed by atoms with E-state index >= 15 is 0 Å². The first kappa shape index (κ1) is 13.4. The van der Waals surface area contributed by atoms with Crippen molar-refractivity contribution >= 4 is 0 Å².